The Morgan fingerprint density at radius 2 is 2.06 bits per heavy atom. The summed E-state index contributed by atoms with van der Waals surface area (Å²) in [6.07, 6.45) is 0. The molecular weight excluding hydrogens is 238 g/mol. The van der Waals surface area contributed by atoms with Crippen LogP contribution >= 0.6 is 11.6 Å². The second kappa shape index (κ2) is 5.52. The van der Waals surface area contributed by atoms with E-state index in [2.05, 4.69) is 5.32 Å². The molecule has 0 aliphatic rings. The maximum absolute atomic E-state index is 11.8. The SMILES string of the molecule is CC(C)C(C)(O)CNC(=O)c1ccccc1Cl. The molecule has 3 nitrogen and oxygen atoms in total. The molecule has 0 fully saturated rings. The third kappa shape index (κ3) is 3.72. The third-order valence-electron chi connectivity index (χ3n) is 2.97. The zero-order valence-electron chi connectivity index (χ0n) is 10.3. The Labute approximate surface area is 107 Å². The summed E-state index contributed by atoms with van der Waals surface area (Å²) in [5, 5.41) is 13.1. The van der Waals surface area contributed by atoms with Crippen LogP contribution in [-0.2, 0) is 0 Å². The van der Waals surface area contributed by atoms with E-state index >= 15 is 0 Å². The highest BCUT2D eigenvalue weighted by molar-refractivity contribution is 6.33. The number of rotatable bonds is 4. The molecule has 1 aromatic rings. The third-order valence-corrected chi connectivity index (χ3v) is 3.30. The van der Waals surface area contributed by atoms with Crippen molar-refractivity contribution in [1.82, 2.24) is 5.32 Å². The van der Waals surface area contributed by atoms with Crippen molar-refractivity contribution in [2.45, 2.75) is 26.4 Å². The average Bonchev–Trinajstić information content (AvgIpc) is 2.26. The van der Waals surface area contributed by atoms with Gasteiger partial charge < -0.3 is 10.4 Å². The van der Waals surface area contributed by atoms with Gasteiger partial charge in [-0.2, -0.15) is 0 Å². The minimum Gasteiger partial charge on any atom is -0.388 e. The summed E-state index contributed by atoms with van der Waals surface area (Å²) in [5.74, 6) is -0.203. The molecule has 1 aromatic carbocycles. The molecule has 1 rings (SSSR count). The molecular formula is C13H18ClNO2. The van der Waals surface area contributed by atoms with Crippen molar-refractivity contribution in [3.63, 3.8) is 0 Å². The molecule has 17 heavy (non-hydrogen) atoms. The first-order chi connectivity index (χ1) is 7.84. The molecule has 0 saturated carbocycles. The van der Waals surface area contributed by atoms with Crippen LogP contribution in [-0.4, -0.2) is 23.2 Å². The normalized spacial score (nSPS) is 14.5. The van der Waals surface area contributed by atoms with Gasteiger partial charge in [-0.05, 0) is 25.0 Å². The van der Waals surface area contributed by atoms with Crippen LogP contribution in [0.5, 0.6) is 0 Å². The monoisotopic (exact) mass is 255 g/mol. The van der Waals surface area contributed by atoms with Gasteiger partial charge in [-0.15, -0.1) is 0 Å². The van der Waals surface area contributed by atoms with E-state index in [1.807, 2.05) is 13.8 Å². The second-order valence-corrected chi connectivity index (χ2v) is 5.08. The van der Waals surface area contributed by atoms with Crippen LogP contribution in [0, 0.1) is 5.92 Å². The van der Waals surface area contributed by atoms with Crippen molar-refractivity contribution < 1.29 is 9.90 Å². The zero-order valence-corrected chi connectivity index (χ0v) is 11.1. The Hall–Kier alpha value is -1.06. The van der Waals surface area contributed by atoms with E-state index in [4.69, 9.17) is 11.6 Å². The maximum atomic E-state index is 11.8. The highest BCUT2D eigenvalue weighted by Crippen LogP contribution is 2.17. The number of hydrogen-bond acceptors (Lipinski definition) is 2. The molecule has 4 heteroatoms. The number of amides is 1. The summed E-state index contributed by atoms with van der Waals surface area (Å²) in [6.45, 7) is 5.71. The van der Waals surface area contributed by atoms with Crippen LogP contribution in [0.1, 0.15) is 31.1 Å². The largest absolute Gasteiger partial charge is 0.388 e. The highest BCUT2D eigenvalue weighted by Gasteiger charge is 2.25. The Kier molecular flexibility index (Phi) is 4.54. The van der Waals surface area contributed by atoms with Crippen molar-refractivity contribution in [2.75, 3.05) is 6.54 Å². The zero-order chi connectivity index (χ0) is 13.1. The number of aliphatic hydroxyl groups is 1. The van der Waals surface area contributed by atoms with Gasteiger partial charge >= 0.3 is 0 Å². The molecule has 1 amide bonds. The van der Waals surface area contributed by atoms with E-state index in [0.717, 1.165) is 0 Å². The van der Waals surface area contributed by atoms with Crippen molar-refractivity contribution in [3.05, 3.63) is 34.9 Å². The number of benzene rings is 1. The Morgan fingerprint density at radius 3 is 2.59 bits per heavy atom. The molecule has 0 aliphatic carbocycles. The topological polar surface area (TPSA) is 49.3 Å². The highest BCUT2D eigenvalue weighted by atomic mass is 35.5. The number of carbonyl (C=O) groups excluding carboxylic acids is 1. The maximum Gasteiger partial charge on any atom is 0.252 e. The number of nitrogens with one attached hydrogen (secondary N) is 1. The number of hydrogen-bond donors (Lipinski definition) is 2. The second-order valence-electron chi connectivity index (χ2n) is 4.67. The van der Waals surface area contributed by atoms with Crippen LogP contribution in [0.15, 0.2) is 24.3 Å². The molecule has 2 N–H and O–H groups in total. The Balaban J connectivity index is 2.66. The van der Waals surface area contributed by atoms with Crippen molar-refractivity contribution >= 4 is 17.5 Å². The van der Waals surface area contributed by atoms with E-state index in [1.165, 1.54) is 0 Å². The van der Waals surface area contributed by atoms with Crippen LogP contribution in [0.2, 0.25) is 5.02 Å². The summed E-state index contributed by atoms with van der Waals surface area (Å²) < 4.78 is 0. The van der Waals surface area contributed by atoms with Crippen LogP contribution < -0.4 is 5.32 Å². The summed E-state index contributed by atoms with van der Waals surface area (Å²) in [7, 11) is 0. The predicted octanol–water partition coefficient (Wildman–Crippen LogP) is 2.48. The van der Waals surface area contributed by atoms with Gasteiger partial charge in [0.15, 0.2) is 0 Å². The molecule has 0 heterocycles. The summed E-state index contributed by atoms with van der Waals surface area (Å²) in [6, 6.07) is 6.84. The van der Waals surface area contributed by atoms with Crippen LogP contribution in [0.25, 0.3) is 0 Å². The smallest absolute Gasteiger partial charge is 0.252 e. The summed E-state index contributed by atoms with van der Waals surface area (Å²) >= 11 is 5.91. The summed E-state index contributed by atoms with van der Waals surface area (Å²) in [4.78, 5) is 11.8. The fraction of sp³-hybridized carbons (Fsp3) is 0.462. The lowest BCUT2D eigenvalue weighted by Crippen LogP contribution is -2.44. The molecule has 94 valence electrons. The molecule has 1 unspecified atom stereocenters. The lowest BCUT2D eigenvalue weighted by atomic mass is 9.92. The molecule has 0 aromatic heterocycles. The Bertz CT molecular complexity index is 402. The van der Waals surface area contributed by atoms with E-state index < -0.39 is 5.60 Å². The lowest BCUT2D eigenvalue weighted by Gasteiger charge is -2.27. The van der Waals surface area contributed by atoms with Crippen molar-refractivity contribution in [3.8, 4) is 0 Å². The van der Waals surface area contributed by atoms with Crippen molar-refractivity contribution in [1.29, 1.82) is 0 Å². The molecule has 0 saturated heterocycles. The van der Waals surface area contributed by atoms with E-state index in [0.29, 0.717) is 10.6 Å². The standard InChI is InChI=1S/C13H18ClNO2/c1-9(2)13(3,17)8-15-12(16)10-6-4-5-7-11(10)14/h4-7,9,17H,8H2,1-3H3,(H,15,16). The van der Waals surface area contributed by atoms with E-state index in [9.17, 15) is 9.90 Å². The first-order valence-corrected chi connectivity index (χ1v) is 5.97. The first-order valence-electron chi connectivity index (χ1n) is 5.59. The molecule has 0 spiro atoms. The molecule has 0 radical (unpaired) electrons. The number of carbonyl (C=O) groups is 1. The summed E-state index contributed by atoms with van der Waals surface area (Å²) in [5.41, 5.74) is -0.495. The van der Waals surface area contributed by atoms with Gasteiger partial charge in [0, 0.05) is 6.54 Å². The first kappa shape index (κ1) is 14.0. The van der Waals surface area contributed by atoms with Gasteiger partial charge in [0.1, 0.15) is 0 Å². The lowest BCUT2D eigenvalue weighted by molar-refractivity contribution is 0.0142. The molecule has 1 atom stereocenters. The van der Waals surface area contributed by atoms with Gasteiger partial charge in [-0.1, -0.05) is 37.6 Å². The van der Waals surface area contributed by atoms with E-state index in [1.54, 1.807) is 31.2 Å². The minimum atomic E-state index is -0.920. The van der Waals surface area contributed by atoms with Crippen LogP contribution in [0.4, 0.5) is 0 Å². The Morgan fingerprint density at radius 1 is 1.47 bits per heavy atom. The molecule has 0 aliphatic heterocycles. The van der Waals surface area contributed by atoms with Gasteiger partial charge in [-0.25, -0.2) is 0 Å². The van der Waals surface area contributed by atoms with E-state index in [-0.39, 0.29) is 18.4 Å². The number of halogens is 1. The van der Waals surface area contributed by atoms with Crippen molar-refractivity contribution in [2.24, 2.45) is 5.92 Å². The fourth-order valence-electron chi connectivity index (χ4n) is 1.20. The predicted molar refractivity (Wildman–Crippen MR) is 69.2 cm³/mol. The van der Waals surface area contributed by atoms with Gasteiger partial charge in [0.25, 0.3) is 5.91 Å². The average molecular weight is 256 g/mol. The fourth-order valence-corrected chi connectivity index (χ4v) is 1.43. The minimum absolute atomic E-state index is 0.0639. The van der Waals surface area contributed by atoms with Gasteiger partial charge in [0.2, 0.25) is 0 Å². The van der Waals surface area contributed by atoms with Crippen LogP contribution in [0.3, 0.4) is 0 Å². The van der Waals surface area contributed by atoms with Gasteiger partial charge in [0.05, 0.1) is 16.2 Å². The molecule has 0 bridgehead atoms. The van der Waals surface area contributed by atoms with Gasteiger partial charge in [-0.3, -0.25) is 4.79 Å². The quantitative estimate of drug-likeness (QED) is 0.868.